The largest absolute Gasteiger partial charge is 0.487 e. The van der Waals surface area contributed by atoms with Crippen LogP contribution in [0.5, 0.6) is 5.75 Å². The fourth-order valence-corrected chi connectivity index (χ4v) is 2.57. The van der Waals surface area contributed by atoms with Crippen LogP contribution in [0.4, 0.5) is 5.95 Å². The first-order valence-electron chi connectivity index (χ1n) is 8.08. The first-order valence-corrected chi connectivity index (χ1v) is 8.08. The summed E-state index contributed by atoms with van der Waals surface area (Å²) >= 11 is 0. The van der Waals surface area contributed by atoms with E-state index in [1.165, 1.54) is 0 Å². The van der Waals surface area contributed by atoms with Gasteiger partial charge in [-0.2, -0.15) is 0 Å². The molecule has 24 heavy (non-hydrogen) atoms. The molecule has 0 aliphatic rings. The molecule has 0 radical (unpaired) electrons. The van der Waals surface area contributed by atoms with E-state index in [2.05, 4.69) is 9.97 Å². The predicted octanol–water partition coefficient (Wildman–Crippen LogP) is 2.74. The normalized spacial score (nSPS) is 10.5. The Labute approximate surface area is 142 Å². The van der Waals surface area contributed by atoms with E-state index in [0.717, 1.165) is 11.3 Å². The molecule has 2 aromatic rings. The molecular formula is C18H24N4O2. The standard InChI is InChI=1S/C18H24N4O2/c1-5-22(6-2)17(23)16-13(4)20-18(19)21-14(16)11-24-15-10-8-7-9-12(15)3/h7-10H,5-6,11H2,1-4H3,(H2,19,20,21). The molecule has 0 atom stereocenters. The van der Waals surface area contributed by atoms with Crippen LogP contribution in [0.3, 0.4) is 0 Å². The van der Waals surface area contributed by atoms with E-state index in [-0.39, 0.29) is 18.5 Å². The van der Waals surface area contributed by atoms with Crippen molar-refractivity contribution in [2.75, 3.05) is 18.8 Å². The second kappa shape index (κ2) is 7.77. The third kappa shape index (κ3) is 3.82. The summed E-state index contributed by atoms with van der Waals surface area (Å²) in [5.74, 6) is 0.807. The van der Waals surface area contributed by atoms with Crippen molar-refractivity contribution >= 4 is 11.9 Å². The van der Waals surface area contributed by atoms with Gasteiger partial charge in [0.25, 0.3) is 5.91 Å². The maximum absolute atomic E-state index is 12.8. The van der Waals surface area contributed by atoms with Crippen LogP contribution in [-0.4, -0.2) is 33.9 Å². The van der Waals surface area contributed by atoms with Crippen molar-refractivity contribution in [3.05, 3.63) is 46.8 Å². The number of ether oxygens (including phenoxy) is 1. The summed E-state index contributed by atoms with van der Waals surface area (Å²) in [5, 5.41) is 0. The summed E-state index contributed by atoms with van der Waals surface area (Å²) < 4.78 is 5.85. The van der Waals surface area contributed by atoms with Gasteiger partial charge in [0.1, 0.15) is 12.4 Å². The minimum atomic E-state index is -0.0964. The molecule has 6 heteroatoms. The summed E-state index contributed by atoms with van der Waals surface area (Å²) in [4.78, 5) is 22.9. The molecule has 0 aliphatic carbocycles. The fraction of sp³-hybridized carbons (Fsp3) is 0.389. The van der Waals surface area contributed by atoms with Gasteiger partial charge in [-0.05, 0) is 39.3 Å². The van der Waals surface area contributed by atoms with Crippen LogP contribution in [0.1, 0.15) is 41.2 Å². The average Bonchev–Trinajstić information content (AvgIpc) is 2.54. The summed E-state index contributed by atoms with van der Waals surface area (Å²) in [6.07, 6.45) is 0. The molecule has 2 rings (SSSR count). The van der Waals surface area contributed by atoms with E-state index < -0.39 is 0 Å². The summed E-state index contributed by atoms with van der Waals surface area (Å²) in [6, 6.07) is 7.71. The number of amides is 1. The first-order chi connectivity index (χ1) is 11.5. The van der Waals surface area contributed by atoms with E-state index in [1.54, 1.807) is 11.8 Å². The topological polar surface area (TPSA) is 81.3 Å². The molecule has 1 heterocycles. The van der Waals surface area contributed by atoms with Gasteiger partial charge in [-0.15, -0.1) is 0 Å². The Morgan fingerprint density at radius 1 is 1.17 bits per heavy atom. The van der Waals surface area contributed by atoms with Crippen LogP contribution >= 0.6 is 0 Å². The van der Waals surface area contributed by atoms with Crippen molar-refractivity contribution in [3.63, 3.8) is 0 Å². The van der Waals surface area contributed by atoms with E-state index in [9.17, 15) is 4.79 Å². The maximum atomic E-state index is 12.8. The number of anilines is 1. The lowest BCUT2D eigenvalue weighted by Crippen LogP contribution is -2.32. The van der Waals surface area contributed by atoms with Gasteiger partial charge in [-0.25, -0.2) is 9.97 Å². The van der Waals surface area contributed by atoms with Crippen LogP contribution in [-0.2, 0) is 6.61 Å². The molecule has 0 bridgehead atoms. The number of carbonyl (C=O) groups is 1. The number of aromatic nitrogens is 2. The number of benzene rings is 1. The summed E-state index contributed by atoms with van der Waals surface area (Å²) in [7, 11) is 0. The summed E-state index contributed by atoms with van der Waals surface area (Å²) in [6.45, 7) is 9.04. The van der Waals surface area contributed by atoms with E-state index in [0.29, 0.717) is 30.0 Å². The fourth-order valence-electron chi connectivity index (χ4n) is 2.57. The first kappa shape index (κ1) is 17.7. The van der Waals surface area contributed by atoms with Gasteiger partial charge >= 0.3 is 0 Å². The predicted molar refractivity (Wildman–Crippen MR) is 93.9 cm³/mol. The number of nitrogen functional groups attached to an aromatic ring is 1. The smallest absolute Gasteiger partial charge is 0.257 e. The zero-order chi connectivity index (χ0) is 17.7. The summed E-state index contributed by atoms with van der Waals surface area (Å²) in [5.41, 5.74) is 8.35. The van der Waals surface area contributed by atoms with Gasteiger partial charge < -0.3 is 15.4 Å². The van der Waals surface area contributed by atoms with E-state index >= 15 is 0 Å². The molecule has 1 aromatic carbocycles. The monoisotopic (exact) mass is 328 g/mol. The zero-order valence-electron chi connectivity index (χ0n) is 14.7. The number of para-hydroxylation sites is 1. The van der Waals surface area contributed by atoms with Gasteiger partial charge in [0.05, 0.1) is 17.0 Å². The highest BCUT2D eigenvalue weighted by Crippen LogP contribution is 2.20. The highest BCUT2D eigenvalue weighted by atomic mass is 16.5. The maximum Gasteiger partial charge on any atom is 0.257 e. The van der Waals surface area contributed by atoms with Crippen LogP contribution < -0.4 is 10.5 Å². The molecule has 2 N–H and O–H groups in total. The van der Waals surface area contributed by atoms with Crippen molar-refractivity contribution in [1.82, 2.24) is 14.9 Å². The molecule has 6 nitrogen and oxygen atoms in total. The lowest BCUT2D eigenvalue weighted by Gasteiger charge is -2.21. The van der Waals surface area contributed by atoms with Gasteiger partial charge in [-0.3, -0.25) is 4.79 Å². The van der Waals surface area contributed by atoms with Gasteiger partial charge in [-0.1, -0.05) is 18.2 Å². The molecule has 0 saturated carbocycles. The van der Waals surface area contributed by atoms with Crippen LogP contribution in [0.2, 0.25) is 0 Å². The Bertz CT molecular complexity index is 727. The van der Waals surface area contributed by atoms with Gasteiger partial charge in [0.2, 0.25) is 5.95 Å². The SMILES string of the molecule is CCN(CC)C(=O)c1c(C)nc(N)nc1COc1ccccc1C. The Morgan fingerprint density at radius 3 is 2.46 bits per heavy atom. The van der Waals surface area contributed by atoms with E-state index in [4.69, 9.17) is 10.5 Å². The number of hydrogen-bond donors (Lipinski definition) is 1. The highest BCUT2D eigenvalue weighted by Gasteiger charge is 2.22. The van der Waals surface area contributed by atoms with Crippen LogP contribution in [0, 0.1) is 13.8 Å². The van der Waals surface area contributed by atoms with Gasteiger partial charge in [0, 0.05) is 13.1 Å². The van der Waals surface area contributed by atoms with Crippen molar-refractivity contribution in [3.8, 4) is 5.75 Å². The number of hydrogen-bond acceptors (Lipinski definition) is 5. The second-order valence-electron chi connectivity index (χ2n) is 5.52. The lowest BCUT2D eigenvalue weighted by molar-refractivity contribution is 0.0768. The van der Waals surface area contributed by atoms with Crippen LogP contribution in [0.15, 0.2) is 24.3 Å². The van der Waals surface area contributed by atoms with Crippen molar-refractivity contribution in [2.45, 2.75) is 34.3 Å². The Morgan fingerprint density at radius 2 is 1.83 bits per heavy atom. The molecule has 1 aromatic heterocycles. The average molecular weight is 328 g/mol. The number of carbonyl (C=O) groups excluding carboxylic acids is 1. The molecular weight excluding hydrogens is 304 g/mol. The molecule has 0 aliphatic heterocycles. The molecule has 0 fully saturated rings. The second-order valence-corrected chi connectivity index (χ2v) is 5.52. The zero-order valence-corrected chi connectivity index (χ0v) is 14.7. The van der Waals surface area contributed by atoms with Crippen molar-refractivity contribution in [1.29, 1.82) is 0 Å². The van der Waals surface area contributed by atoms with Crippen molar-refractivity contribution in [2.24, 2.45) is 0 Å². The minimum absolute atomic E-state index is 0.0964. The Hall–Kier alpha value is -2.63. The quantitative estimate of drug-likeness (QED) is 0.882. The molecule has 0 unspecified atom stereocenters. The number of nitrogens with zero attached hydrogens (tertiary/aromatic N) is 3. The number of nitrogens with two attached hydrogens (primary N) is 1. The highest BCUT2D eigenvalue weighted by molar-refractivity contribution is 5.96. The van der Waals surface area contributed by atoms with E-state index in [1.807, 2.05) is 45.0 Å². The molecule has 1 amide bonds. The Balaban J connectivity index is 2.35. The van der Waals surface area contributed by atoms with Gasteiger partial charge in [0.15, 0.2) is 0 Å². The van der Waals surface area contributed by atoms with Crippen molar-refractivity contribution < 1.29 is 9.53 Å². The third-order valence-electron chi connectivity index (χ3n) is 3.90. The lowest BCUT2D eigenvalue weighted by atomic mass is 10.1. The third-order valence-corrected chi connectivity index (χ3v) is 3.90. The minimum Gasteiger partial charge on any atom is -0.487 e. The number of aryl methyl sites for hydroxylation is 2. The molecule has 0 spiro atoms. The Kier molecular flexibility index (Phi) is 5.73. The molecule has 0 saturated heterocycles. The number of rotatable bonds is 6. The van der Waals surface area contributed by atoms with Crippen LogP contribution in [0.25, 0.3) is 0 Å². The molecule has 128 valence electrons.